The Kier molecular flexibility index (Phi) is 6.10. The van der Waals surface area contributed by atoms with Gasteiger partial charge >= 0.3 is 6.18 Å². The average Bonchev–Trinajstić information content (AvgIpc) is 3.40. The summed E-state index contributed by atoms with van der Waals surface area (Å²) in [4.78, 5) is 16.5. The fourth-order valence-electron chi connectivity index (χ4n) is 2.66. The van der Waals surface area contributed by atoms with Gasteiger partial charge in [-0.1, -0.05) is 26.2 Å². The normalized spacial score (nSPS) is 20.6. The fourth-order valence-corrected chi connectivity index (χ4v) is 4.31. The SMILES string of the molecule is C[C@H](NC(=O)[C@H]1P[C@@H]1c1ccc(F)cc1Cl)c1ccc(OCC(F)(F)F)cn1. The van der Waals surface area contributed by atoms with Gasteiger partial charge in [-0.2, -0.15) is 13.2 Å². The van der Waals surface area contributed by atoms with E-state index in [9.17, 15) is 22.4 Å². The number of halogens is 5. The average molecular weight is 435 g/mol. The highest BCUT2D eigenvalue weighted by Crippen LogP contribution is 2.62. The van der Waals surface area contributed by atoms with E-state index in [2.05, 4.69) is 15.0 Å². The number of hydrogen-bond donors (Lipinski definition) is 1. The third kappa shape index (κ3) is 5.32. The summed E-state index contributed by atoms with van der Waals surface area (Å²) in [5, 5.41) is 3.13. The Balaban J connectivity index is 1.55. The topological polar surface area (TPSA) is 51.2 Å². The van der Waals surface area contributed by atoms with Crippen molar-refractivity contribution in [3.8, 4) is 5.75 Å². The third-order valence-corrected chi connectivity index (χ3v) is 6.03. The molecule has 1 fully saturated rings. The number of nitrogens with one attached hydrogen (secondary N) is 1. The number of carbonyl (C=O) groups is 1. The van der Waals surface area contributed by atoms with Crippen molar-refractivity contribution in [3.05, 3.63) is 58.6 Å². The van der Waals surface area contributed by atoms with Gasteiger partial charge in [-0.25, -0.2) is 4.39 Å². The van der Waals surface area contributed by atoms with Crippen molar-refractivity contribution >= 4 is 26.1 Å². The highest BCUT2D eigenvalue weighted by Gasteiger charge is 2.45. The largest absolute Gasteiger partial charge is 0.483 e. The van der Waals surface area contributed by atoms with Crippen LogP contribution in [0.4, 0.5) is 17.6 Å². The lowest BCUT2D eigenvalue weighted by Crippen LogP contribution is -2.30. The summed E-state index contributed by atoms with van der Waals surface area (Å²) >= 11 is 6.05. The molecular formula is C18H16ClF4N2O2P. The molecule has 150 valence electrons. The summed E-state index contributed by atoms with van der Waals surface area (Å²) < 4.78 is 54.2. The number of hydrogen-bond acceptors (Lipinski definition) is 3. The summed E-state index contributed by atoms with van der Waals surface area (Å²) in [5.74, 6) is -0.606. The molecule has 1 unspecified atom stereocenters. The number of carbonyl (C=O) groups excluding carboxylic acids is 1. The maximum absolute atomic E-state index is 13.1. The summed E-state index contributed by atoms with van der Waals surface area (Å²) in [5.41, 5.74) is 0.970. The summed E-state index contributed by atoms with van der Waals surface area (Å²) in [6.07, 6.45) is -3.24. The number of benzene rings is 1. The number of pyridine rings is 1. The first kappa shape index (κ1) is 20.8. The Bertz CT molecular complexity index is 864. The zero-order valence-corrected chi connectivity index (χ0v) is 16.3. The predicted octanol–water partition coefficient (Wildman–Crippen LogP) is 4.79. The minimum atomic E-state index is -4.42. The van der Waals surface area contributed by atoms with E-state index in [1.807, 2.05) is 0 Å². The monoisotopic (exact) mass is 434 g/mol. The second kappa shape index (κ2) is 8.21. The first-order valence-corrected chi connectivity index (χ1v) is 9.84. The second-order valence-corrected chi connectivity index (χ2v) is 8.33. The van der Waals surface area contributed by atoms with Gasteiger partial charge in [0.05, 0.1) is 23.6 Å². The molecule has 4 nitrogen and oxygen atoms in total. The van der Waals surface area contributed by atoms with Crippen molar-refractivity contribution in [1.29, 1.82) is 0 Å². The van der Waals surface area contributed by atoms with Crippen LogP contribution in [0.1, 0.15) is 29.9 Å². The van der Waals surface area contributed by atoms with Gasteiger partial charge in [0.25, 0.3) is 0 Å². The van der Waals surface area contributed by atoms with Gasteiger partial charge < -0.3 is 10.1 Å². The van der Waals surface area contributed by atoms with E-state index in [1.54, 1.807) is 13.0 Å². The number of nitrogens with zero attached hydrogens (tertiary/aromatic N) is 1. The molecule has 0 spiro atoms. The quantitative estimate of drug-likeness (QED) is 0.525. The van der Waals surface area contributed by atoms with Gasteiger partial charge in [-0.15, -0.1) is 0 Å². The van der Waals surface area contributed by atoms with Crippen LogP contribution in [0, 0.1) is 5.82 Å². The molecule has 10 heteroatoms. The lowest BCUT2D eigenvalue weighted by atomic mass is 10.1. The van der Waals surface area contributed by atoms with E-state index in [0.29, 0.717) is 19.3 Å². The fraction of sp³-hybridized carbons (Fsp3) is 0.333. The molecule has 28 heavy (non-hydrogen) atoms. The van der Waals surface area contributed by atoms with Gasteiger partial charge in [0, 0.05) is 10.7 Å². The zero-order valence-electron chi connectivity index (χ0n) is 14.6. The standard InChI is InChI=1S/C18H16ClF4N2O2P/c1-9(14-5-3-11(7-24-14)27-8-18(21,22)23)25-17(26)16-15(28-16)12-4-2-10(20)6-13(12)19/h2-7,9,15-16,28H,8H2,1H3,(H,25,26)/t9-,15+,16-/m0/s1. The maximum Gasteiger partial charge on any atom is 0.422 e. The van der Waals surface area contributed by atoms with Crippen LogP contribution in [0.5, 0.6) is 5.75 Å². The Morgan fingerprint density at radius 2 is 2.11 bits per heavy atom. The summed E-state index contributed by atoms with van der Waals surface area (Å²) in [6, 6.07) is 6.57. The molecule has 2 heterocycles. The molecule has 1 amide bonds. The lowest BCUT2D eigenvalue weighted by Gasteiger charge is -2.14. The number of amides is 1. The minimum Gasteiger partial charge on any atom is -0.483 e. The Morgan fingerprint density at radius 3 is 2.71 bits per heavy atom. The zero-order chi connectivity index (χ0) is 20.5. The molecule has 1 aliphatic heterocycles. The van der Waals surface area contributed by atoms with Crippen LogP contribution < -0.4 is 10.1 Å². The molecular weight excluding hydrogens is 419 g/mol. The molecule has 0 bridgehead atoms. The van der Waals surface area contributed by atoms with Gasteiger partial charge in [0.1, 0.15) is 11.6 Å². The van der Waals surface area contributed by atoms with Crippen LogP contribution in [0.15, 0.2) is 36.5 Å². The van der Waals surface area contributed by atoms with Crippen LogP contribution in [0.3, 0.4) is 0 Å². The van der Waals surface area contributed by atoms with Crippen LogP contribution in [0.2, 0.25) is 5.02 Å². The molecule has 2 aromatic rings. The maximum atomic E-state index is 13.1. The number of rotatable bonds is 6. The smallest absolute Gasteiger partial charge is 0.422 e. The first-order chi connectivity index (χ1) is 13.1. The summed E-state index contributed by atoms with van der Waals surface area (Å²) in [6.45, 7) is 0.331. The van der Waals surface area contributed by atoms with Crippen LogP contribution >= 0.6 is 20.2 Å². The predicted molar refractivity (Wildman–Crippen MR) is 98.6 cm³/mol. The lowest BCUT2D eigenvalue weighted by molar-refractivity contribution is -0.153. The van der Waals surface area contributed by atoms with Gasteiger partial charge in [-0.3, -0.25) is 9.78 Å². The molecule has 4 atom stereocenters. The minimum absolute atomic E-state index is 0.00529. The van der Waals surface area contributed by atoms with Crippen LogP contribution in [0.25, 0.3) is 0 Å². The Labute approximate surface area is 165 Å². The molecule has 3 rings (SSSR count). The van der Waals surface area contributed by atoms with Crippen molar-refractivity contribution in [2.45, 2.75) is 30.5 Å². The van der Waals surface area contributed by atoms with E-state index in [-0.39, 0.29) is 23.0 Å². The van der Waals surface area contributed by atoms with Crippen molar-refractivity contribution in [2.24, 2.45) is 0 Å². The molecule has 1 N–H and O–H groups in total. The van der Waals surface area contributed by atoms with Crippen molar-refractivity contribution in [1.82, 2.24) is 10.3 Å². The summed E-state index contributed by atoms with van der Waals surface area (Å²) in [7, 11) is 0.350. The van der Waals surface area contributed by atoms with Gasteiger partial charge in [0.2, 0.25) is 5.91 Å². The van der Waals surface area contributed by atoms with Gasteiger partial charge in [0.15, 0.2) is 6.61 Å². The molecule has 0 radical (unpaired) electrons. The first-order valence-electron chi connectivity index (χ1n) is 8.31. The Hall–Kier alpha value is -1.92. The van der Waals surface area contributed by atoms with E-state index in [4.69, 9.17) is 11.6 Å². The third-order valence-electron chi connectivity index (χ3n) is 4.13. The molecule has 1 aromatic heterocycles. The number of alkyl halides is 3. The molecule has 0 saturated carbocycles. The van der Waals surface area contributed by atoms with E-state index in [0.717, 1.165) is 5.56 Å². The van der Waals surface area contributed by atoms with Gasteiger partial charge in [-0.05, 0) is 36.8 Å². The van der Waals surface area contributed by atoms with Crippen molar-refractivity contribution < 1.29 is 27.1 Å². The highest BCUT2D eigenvalue weighted by molar-refractivity contribution is 7.50. The number of ether oxygens (including phenoxy) is 1. The van der Waals surface area contributed by atoms with Crippen molar-refractivity contribution in [2.75, 3.05) is 6.61 Å². The van der Waals surface area contributed by atoms with Crippen molar-refractivity contribution in [3.63, 3.8) is 0 Å². The molecule has 1 aromatic carbocycles. The molecule has 1 saturated heterocycles. The highest BCUT2D eigenvalue weighted by atomic mass is 35.5. The second-order valence-electron chi connectivity index (χ2n) is 6.34. The number of aromatic nitrogens is 1. The van der Waals surface area contributed by atoms with Crippen LogP contribution in [-0.4, -0.2) is 29.3 Å². The van der Waals surface area contributed by atoms with E-state index >= 15 is 0 Å². The van der Waals surface area contributed by atoms with E-state index in [1.165, 1.54) is 30.5 Å². The molecule has 0 aliphatic carbocycles. The van der Waals surface area contributed by atoms with E-state index < -0.39 is 24.6 Å². The Morgan fingerprint density at radius 1 is 1.36 bits per heavy atom. The molecule has 1 aliphatic rings. The van der Waals surface area contributed by atoms with Crippen LogP contribution in [-0.2, 0) is 4.79 Å².